The van der Waals surface area contributed by atoms with Crippen LogP contribution in [0.25, 0.3) is 0 Å². The average Bonchev–Trinajstić information content (AvgIpc) is 2.93. The molecule has 0 unspecified atom stereocenters. The Labute approximate surface area is 127 Å². The fourth-order valence-corrected chi connectivity index (χ4v) is 2.91. The molecule has 1 N–H and O–H groups in total. The summed E-state index contributed by atoms with van der Waals surface area (Å²) in [6.45, 7) is 4.89. The lowest BCUT2D eigenvalue weighted by Gasteiger charge is -2.09. The van der Waals surface area contributed by atoms with E-state index in [4.69, 9.17) is 4.74 Å². The lowest BCUT2D eigenvalue weighted by Crippen LogP contribution is -2.04. The lowest BCUT2D eigenvalue weighted by atomic mass is 10.2. The van der Waals surface area contributed by atoms with Crippen molar-refractivity contribution in [1.29, 1.82) is 0 Å². The van der Waals surface area contributed by atoms with Gasteiger partial charge < -0.3 is 10.1 Å². The number of para-hydroxylation sites is 1. The molecule has 2 rings (SSSR count). The Morgan fingerprint density at radius 1 is 1.24 bits per heavy atom. The first-order valence-corrected chi connectivity index (χ1v) is 7.69. The molecule has 0 spiro atoms. The number of hydrogen-bond donors (Lipinski definition) is 1. The molecule has 5 nitrogen and oxygen atoms in total. The first-order chi connectivity index (χ1) is 10.2. The molecule has 112 valence electrons. The summed E-state index contributed by atoms with van der Waals surface area (Å²) >= 11 is 1.72. The molecule has 2 aromatic rings. The van der Waals surface area contributed by atoms with E-state index >= 15 is 0 Å². The monoisotopic (exact) mass is 306 g/mol. The van der Waals surface area contributed by atoms with E-state index in [-0.39, 0.29) is 5.69 Å². The van der Waals surface area contributed by atoms with E-state index in [2.05, 4.69) is 24.4 Å². The van der Waals surface area contributed by atoms with Crippen LogP contribution in [0.2, 0.25) is 0 Å². The number of aryl methyl sites for hydroxylation is 1. The zero-order valence-electron chi connectivity index (χ0n) is 12.1. The Hall–Kier alpha value is -2.08. The van der Waals surface area contributed by atoms with Gasteiger partial charge in [0.2, 0.25) is 0 Å². The topological polar surface area (TPSA) is 64.4 Å². The Bertz CT molecular complexity index is 625. The molecule has 0 saturated heterocycles. The summed E-state index contributed by atoms with van der Waals surface area (Å²) in [7, 11) is 0. The molecule has 0 aliphatic rings. The van der Waals surface area contributed by atoms with Gasteiger partial charge in [-0.1, -0.05) is 13.0 Å². The van der Waals surface area contributed by atoms with Crippen molar-refractivity contribution in [2.45, 2.75) is 26.8 Å². The van der Waals surface area contributed by atoms with Crippen molar-refractivity contribution in [1.82, 2.24) is 0 Å². The summed E-state index contributed by atoms with van der Waals surface area (Å²) in [5.74, 6) is 0.299. The van der Waals surface area contributed by atoms with Crippen LogP contribution in [0.5, 0.6) is 5.75 Å². The van der Waals surface area contributed by atoms with Gasteiger partial charge in [0.25, 0.3) is 0 Å². The lowest BCUT2D eigenvalue weighted by molar-refractivity contribution is -0.384. The van der Waals surface area contributed by atoms with Crippen LogP contribution >= 0.6 is 11.3 Å². The molecule has 1 heterocycles. The summed E-state index contributed by atoms with van der Waals surface area (Å²) in [5.41, 5.74) is 0.476. The minimum Gasteiger partial charge on any atom is -0.487 e. The van der Waals surface area contributed by atoms with Gasteiger partial charge in [0.15, 0.2) is 5.75 Å². The molecule has 0 radical (unpaired) electrons. The van der Waals surface area contributed by atoms with Gasteiger partial charge in [0, 0.05) is 16.3 Å². The summed E-state index contributed by atoms with van der Waals surface area (Å²) in [6, 6.07) is 9.22. The number of thiophene rings is 1. The predicted molar refractivity (Wildman–Crippen MR) is 85.3 cm³/mol. The molecular weight excluding hydrogens is 288 g/mol. The highest BCUT2D eigenvalue weighted by Crippen LogP contribution is 2.35. The van der Waals surface area contributed by atoms with E-state index in [0.29, 0.717) is 24.6 Å². The van der Waals surface area contributed by atoms with Gasteiger partial charge in [-0.05, 0) is 37.6 Å². The number of anilines is 1. The normalized spacial score (nSPS) is 10.4. The molecule has 0 atom stereocenters. The van der Waals surface area contributed by atoms with Crippen molar-refractivity contribution in [3.05, 3.63) is 50.2 Å². The van der Waals surface area contributed by atoms with Crippen LogP contribution in [-0.2, 0) is 13.0 Å². The zero-order chi connectivity index (χ0) is 15.2. The van der Waals surface area contributed by atoms with Crippen LogP contribution in [0.3, 0.4) is 0 Å². The fraction of sp³-hybridized carbons (Fsp3) is 0.333. The van der Waals surface area contributed by atoms with Crippen molar-refractivity contribution in [2.75, 3.05) is 11.9 Å². The largest absolute Gasteiger partial charge is 0.487 e. The van der Waals surface area contributed by atoms with Crippen molar-refractivity contribution >= 4 is 22.7 Å². The van der Waals surface area contributed by atoms with Crippen LogP contribution in [0.4, 0.5) is 11.4 Å². The third-order valence-electron chi connectivity index (χ3n) is 3.00. The Morgan fingerprint density at radius 2 is 2.00 bits per heavy atom. The second kappa shape index (κ2) is 7.08. The van der Waals surface area contributed by atoms with E-state index in [1.165, 1.54) is 4.88 Å². The second-order valence-electron chi connectivity index (χ2n) is 4.42. The Balaban J connectivity index is 2.18. The van der Waals surface area contributed by atoms with E-state index in [9.17, 15) is 10.1 Å². The quantitative estimate of drug-likeness (QED) is 0.614. The van der Waals surface area contributed by atoms with Crippen molar-refractivity contribution in [3.8, 4) is 5.75 Å². The molecule has 0 amide bonds. The molecule has 0 aliphatic heterocycles. The maximum absolute atomic E-state index is 11.3. The Kier molecular flexibility index (Phi) is 5.16. The highest BCUT2D eigenvalue weighted by atomic mass is 32.1. The van der Waals surface area contributed by atoms with Crippen molar-refractivity contribution in [3.63, 3.8) is 0 Å². The summed E-state index contributed by atoms with van der Waals surface area (Å²) < 4.78 is 5.33. The first-order valence-electron chi connectivity index (χ1n) is 6.87. The molecule has 6 heteroatoms. The third-order valence-corrected chi connectivity index (χ3v) is 4.23. The van der Waals surface area contributed by atoms with Gasteiger partial charge >= 0.3 is 5.69 Å². The van der Waals surface area contributed by atoms with Crippen LogP contribution in [0.15, 0.2) is 30.3 Å². The smallest absolute Gasteiger partial charge is 0.333 e. The Morgan fingerprint density at radius 3 is 2.62 bits per heavy atom. The number of nitrogens with one attached hydrogen (secondary N) is 1. The SMILES string of the molecule is CCOc1cccc(NCc2ccc(CC)s2)c1[N+](=O)[O-]. The number of rotatable bonds is 7. The summed E-state index contributed by atoms with van der Waals surface area (Å²) in [6.07, 6.45) is 1.00. The van der Waals surface area contributed by atoms with E-state index in [1.54, 1.807) is 29.5 Å². The number of nitro groups is 1. The van der Waals surface area contributed by atoms with Gasteiger partial charge in [-0.15, -0.1) is 11.3 Å². The highest BCUT2D eigenvalue weighted by molar-refractivity contribution is 7.12. The summed E-state index contributed by atoms with van der Waals surface area (Å²) in [5, 5.41) is 14.4. The predicted octanol–water partition coefficient (Wildman–Crippen LogP) is 4.23. The van der Waals surface area contributed by atoms with Crippen LogP contribution in [0.1, 0.15) is 23.6 Å². The van der Waals surface area contributed by atoms with Gasteiger partial charge in [-0.3, -0.25) is 10.1 Å². The van der Waals surface area contributed by atoms with Gasteiger partial charge in [0.1, 0.15) is 5.69 Å². The molecule has 0 fully saturated rings. The number of benzene rings is 1. The molecule has 0 bridgehead atoms. The number of nitro benzene ring substituents is 1. The third kappa shape index (κ3) is 3.72. The van der Waals surface area contributed by atoms with E-state index in [1.807, 2.05) is 6.92 Å². The highest BCUT2D eigenvalue weighted by Gasteiger charge is 2.20. The molecule has 0 saturated carbocycles. The maximum Gasteiger partial charge on any atom is 0.333 e. The van der Waals surface area contributed by atoms with Crippen LogP contribution in [0, 0.1) is 10.1 Å². The number of nitrogens with zero attached hydrogens (tertiary/aromatic N) is 1. The zero-order valence-corrected chi connectivity index (χ0v) is 12.9. The standard InChI is InChI=1S/C15H18N2O3S/c1-3-11-8-9-12(21-11)10-16-13-6-5-7-14(20-4-2)15(13)17(18)19/h5-9,16H,3-4,10H2,1-2H3. The minimum absolute atomic E-state index is 0.00776. The average molecular weight is 306 g/mol. The van der Waals surface area contributed by atoms with Gasteiger partial charge in [-0.25, -0.2) is 0 Å². The van der Waals surface area contributed by atoms with Crippen LogP contribution in [-0.4, -0.2) is 11.5 Å². The molecule has 1 aromatic heterocycles. The maximum atomic E-state index is 11.3. The fourth-order valence-electron chi connectivity index (χ4n) is 2.01. The van der Waals surface area contributed by atoms with Gasteiger partial charge in [0.05, 0.1) is 11.5 Å². The van der Waals surface area contributed by atoms with Crippen molar-refractivity contribution in [2.24, 2.45) is 0 Å². The number of ether oxygens (including phenoxy) is 1. The number of hydrogen-bond acceptors (Lipinski definition) is 5. The molecule has 1 aromatic carbocycles. The molecule has 21 heavy (non-hydrogen) atoms. The summed E-state index contributed by atoms with van der Waals surface area (Å²) in [4.78, 5) is 13.3. The van der Waals surface area contributed by atoms with E-state index in [0.717, 1.165) is 11.3 Å². The molecule has 0 aliphatic carbocycles. The first kappa shape index (κ1) is 15.3. The molecular formula is C15H18N2O3S. The minimum atomic E-state index is -0.404. The van der Waals surface area contributed by atoms with E-state index < -0.39 is 4.92 Å². The van der Waals surface area contributed by atoms with Crippen LogP contribution < -0.4 is 10.1 Å². The second-order valence-corrected chi connectivity index (χ2v) is 5.67. The van der Waals surface area contributed by atoms with Crippen molar-refractivity contribution < 1.29 is 9.66 Å². The van der Waals surface area contributed by atoms with Gasteiger partial charge in [-0.2, -0.15) is 0 Å².